The molecule has 0 unspecified atom stereocenters. The maximum Gasteiger partial charge on any atom is 0.265 e. The van der Waals surface area contributed by atoms with E-state index in [0.717, 1.165) is 5.13 Å². The van der Waals surface area contributed by atoms with Gasteiger partial charge in [-0.15, -0.1) is 0 Å². The molecule has 1 aromatic heterocycles. The van der Waals surface area contributed by atoms with E-state index in [0.29, 0.717) is 16.7 Å². The molecule has 1 heterocycles. The third-order valence-corrected chi connectivity index (χ3v) is 3.19. The lowest BCUT2D eigenvalue weighted by molar-refractivity contribution is 0.0948. The van der Waals surface area contributed by atoms with Crippen LogP contribution in [0.1, 0.15) is 36.4 Å². The van der Waals surface area contributed by atoms with E-state index in [1.54, 1.807) is 0 Å². The summed E-state index contributed by atoms with van der Waals surface area (Å²) in [6, 6.07) is 0.625. The zero-order chi connectivity index (χ0) is 11.7. The van der Waals surface area contributed by atoms with Crippen molar-refractivity contribution in [1.82, 2.24) is 10.3 Å². The number of amides is 1. The molecule has 1 aliphatic carbocycles. The van der Waals surface area contributed by atoms with Crippen LogP contribution in [0.5, 0.6) is 0 Å². The molecule has 0 atom stereocenters. The monoisotopic (exact) mass is 240 g/mol. The largest absolute Gasteiger partial charge is 0.382 e. The SMILES string of the molecule is CC(C)NC(=O)c1sc(NC2CC2)nc1N. The van der Waals surface area contributed by atoms with Crippen LogP contribution in [0.25, 0.3) is 0 Å². The van der Waals surface area contributed by atoms with E-state index in [1.807, 2.05) is 13.8 Å². The Morgan fingerprint density at radius 1 is 1.56 bits per heavy atom. The van der Waals surface area contributed by atoms with Gasteiger partial charge in [-0.1, -0.05) is 11.3 Å². The van der Waals surface area contributed by atoms with Crippen molar-refractivity contribution in [2.75, 3.05) is 11.1 Å². The predicted molar refractivity (Wildman–Crippen MR) is 65.8 cm³/mol. The lowest BCUT2D eigenvalue weighted by Crippen LogP contribution is -2.29. The van der Waals surface area contributed by atoms with E-state index in [4.69, 9.17) is 5.73 Å². The first-order valence-corrected chi connectivity index (χ1v) is 6.21. The third kappa shape index (κ3) is 2.63. The summed E-state index contributed by atoms with van der Waals surface area (Å²) in [5.74, 6) is 0.167. The number of nitrogens with zero attached hydrogens (tertiary/aromatic N) is 1. The summed E-state index contributed by atoms with van der Waals surface area (Å²) in [5.41, 5.74) is 5.71. The number of rotatable bonds is 4. The fourth-order valence-corrected chi connectivity index (χ4v) is 2.15. The minimum atomic E-state index is -0.145. The van der Waals surface area contributed by atoms with Crippen LogP contribution in [0, 0.1) is 0 Å². The second kappa shape index (κ2) is 4.29. The molecule has 1 amide bonds. The smallest absolute Gasteiger partial charge is 0.265 e. The Balaban J connectivity index is 2.07. The van der Waals surface area contributed by atoms with Gasteiger partial charge in [-0.25, -0.2) is 4.98 Å². The molecular weight excluding hydrogens is 224 g/mol. The Morgan fingerprint density at radius 3 is 2.81 bits per heavy atom. The number of nitrogens with one attached hydrogen (secondary N) is 2. The number of hydrogen-bond donors (Lipinski definition) is 3. The second-order valence-corrected chi connectivity index (χ2v) is 5.28. The molecule has 1 aliphatic rings. The molecule has 0 spiro atoms. The number of thiazole rings is 1. The number of carbonyl (C=O) groups excluding carboxylic acids is 1. The first kappa shape index (κ1) is 11.2. The van der Waals surface area contributed by atoms with E-state index in [1.165, 1.54) is 24.2 Å². The number of nitrogen functional groups attached to an aromatic ring is 1. The Bertz CT molecular complexity index is 398. The van der Waals surface area contributed by atoms with Crippen molar-refractivity contribution in [1.29, 1.82) is 0 Å². The summed E-state index contributed by atoms with van der Waals surface area (Å²) < 4.78 is 0. The summed E-state index contributed by atoms with van der Waals surface area (Å²) in [7, 11) is 0. The Labute approximate surface area is 98.4 Å². The van der Waals surface area contributed by atoms with Gasteiger partial charge in [-0.2, -0.15) is 0 Å². The quantitative estimate of drug-likeness (QED) is 0.744. The lowest BCUT2D eigenvalue weighted by atomic mass is 10.3. The molecule has 1 fully saturated rings. The van der Waals surface area contributed by atoms with Crippen molar-refractivity contribution in [3.63, 3.8) is 0 Å². The zero-order valence-electron chi connectivity index (χ0n) is 9.41. The fourth-order valence-electron chi connectivity index (χ4n) is 1.29. The van der Waals surface area contributed by atoms with Gasteiger partial charge in [0.2, 0.25) is 0 Å². The van der Waals surface area contributed by atoms with Gasteiger partial charge in [-0.3, -0.25) is 4.79 Å². The predicted octanol–water partition coefficient (Wildman–Crippen LogP) is 1.44. The molecule has 88 valence electrons. The van der Waals surface area contributed by atoms with E-state index in [2.05, 4.69) is 15.6 Å². The zero-order valence-corrected chi connectivity index (χ0v) is 10.2. The van der Waals surface area contributed by atoms with Gasteiger partial charge >= 0.3 is 0 Å². The molecule has 0 radical (unpaired) electrons. The third-order valence-electron chi connectivity index (χ3n) is 2.18. The molecule has 5 nitrogen and oxygen atoms in total. The van der Waals surface area contributed by atoms with Gasteiger partial charge in [-0.05, 0) is 26.7 Å². The van der Waals surface area contributed by atoms with Crippen LogP contribution in [0.3, 0.4) is 0 Å². The van der Waals surface area contributed by atoms with Crippen molar-refractivity contribution in [2.45, 2.75) is 38.8 Å². The number of hydrogen-bond acceptors (Lipinski definition) is 5. The average molecular weight is 240 g/mol. The topological polar surface area (TPSA) is 80.0 Å². The van der Waals surface area contributed by atoms with Crippen LogP contribution in [0.4, 0.5) is 10.9 Å². The van der Waals surface area contributed by atoms with Gasteiger partial charge < -0.3 is 16.4 Å². The first-order valence-electron chi connectivity index (χ1n) is 5.40. The van der Waals surface area contributed by atoms with Gasteiger partial charge in [0.25, 0.3) is 5.91 Å². The van der Waals surface area contributed by atoms with E-state index in [-0.39, 0.29) is 11.9 Å². The highest BCUT2D eigenvalue weighted by Gasteiger charge is 2.24. The molecule has 0 saturated heterocycles. The van der Waals surface area contributed by atoms with E-state index >= 15 is 0 Å². The summed E-state index contributed by atoms with van der Waals surface area (Å²) >= 11 is 1.32. The summed E-state index contributed by atoms with van der Waals surface area (Å²) in [6.45, 7) is 3.83. The molecule has 0 aliphatic heterocycles. The fraction of sp³-hybridized carbons (Fsp3) is 0.600. The second-order valence-electron chi connectivity index (χ2n) is 4.28. The highest BCUT2D eigenvalue weighted by molar-refractivity contribution is 7.18. The Hall–Kier alpha value is -1.30. The van der Waals surface area contributed by atoms with Crippen molar-refractivity contribution >= 4 is 28.2 Å². The molecule has 6 heteroatoms. The number of anilines is 2. The molecule has 2 rings (SSSR count). The Kier molecular flexibility index (Phi) is 3.00. The molecule has 1 saturated carbocycles. The molecule has 1 aromatic rings. The average Bonchev–Trinajstić information content (AvgIpc) is 2.88. The normalized spacial score (nSPS) is 15.2. The highest BCUT2D eigenvalue weighted by atomic mass is 32.1. The maximum atomic E-state index is 11.7. The van der Waals surface area contributed by atoms with Gasteiger partial charge in [0.1, 0.15) is 10.7 Å². The molecular formula is C10H16N4OS. The van der Waals surface area contributed by atoms with Crippen molar-refractivity contribution in [2.24, 2.45) is 0 Å². The van der Waals surface area contributed by atoms with E-state index in [9.17, 15) is 4.79 Å². The van der Waals surface area contributed by atoms with E-state index < -0.39 is 0 Å². The molecule has 0 aromatic carbocycles. The van der Waals surface area contributed by atoms with Crippen molar-refractivity contribution < 1.29 is 4.79 Å². The van der Waals surface area contributed by atoms with Crippen molar-refractivity contribution in [3.8, 4) is 0 Å². The first-order chi connectivity index (χ1) is 7.56. The van der Waals surface area contributed by atoms with Crippen molar-refractivity contribution in [3.05, 3.63) is 4.88 Å². The molecule has 16 heavy (non-hydrogen) atoms. The van der Waals surface area contributed by atoms with Crippen LogP contribution >= 0.6 is 11.3 Å². The van der Waals surface area contributed by atoms with Crippen LogP contribution < -0.4 is 16.4 Å². The van der Waals surface area contributed by atoms with Gasteiger partial charge in [0.15, 0.2) is 5.13 Å². The highest BCUT2D eigenvalue weighted by Crippen LogP contribution is 2.30. The number of aromatic nitrogens is 1. The summed E-state index contributed by atoms with van der Waals surface area (Å²) in [6.07, 6.45) is 2.35. The Morgan fingerprint density at radius 2 is 2.25 bits per heavy atom. The number of carbonyl (C=O) groups is 1. The summed E-state index contributed by atoms with van der Waals surface area (Å²) in [4.78, 5) is 16.4. The van der Waals surface area contributed by atoms with Crippen LogP contribution in [0.2, 0.25) is 0 Å². The number of nitrogens with two attached hydrogens (primary N) is 1. The molecule has 4 N–H and O–H groups in total. The molecule has 0 bridgehead atoms. The lowest BCUT2D eigenvalue weighted by Gasteiger charge is -2.06. The minimum absolute atomic E-state index is 0.105. The maximum absolute atomic E-state index is 11.7. The van der Waals surface area contributed by atoms with Crippen LogP contribution in [-0.4, -0.2) is 23.0 Å². The summed E-state index contributed by atoms with van der Waals surface area (Å²) in [5, 5.41) is 6.78. The van der Waals surface area contributed by atoms with Gasteiger partial charge in [0.05, 0.1) is 0 Å². The van der Waals surface area contributed by atoms with Crippen LogP contribution in [-0.2, 0) is 0 Å². The standard InChI is InChI=1S/C10H16N4OS/c1-5(2)12-9(15)7-8(11)14-10(16-7)13-6-3-4-6/h5-6H,3-4,11H2,1-2H3,(H,12,15)(H,13,14). The van der Waals surface area contributed by atoms with Crippen LogP contribution in [0.15, 0.2) is 0 Å². The minimum Gasteiger partial charge on any atom is -0.382 e. The van der Waals surface area contributed by atoms with Gasteiger partial charge in [0, 0.05) is 12.1 Å².